The molecular formula is C42H60Br2NO4P3. The maximum absolute atomic E-state index is 8.14. The molecule has 2 unspecified atom stereocenters. The number of hydrogen-bond donors (Lipinski definition) is 3. The first-order chi connectivity index (χ1) is 22.4. The maximum atomic E-state index is 8.14. The number of halogens is 2. The van der Waals surface area contributed by atoms with Crippen molar-refractivity contribution >= 4 is 72.4 Å². The SMILES string of the molecule is C.C#C/C=C/CO.CC#C/C=C/CBr.CC#C/C=C/CO.CC#C/C=C/CP(Br)(c1ccccc1)(c1ccccc1)c1ccccc1.N.O.O.P.P. The molecule has 0 aliphatic heterocycles. The Balaban J connectivity index is -0.000000131. The van der Waals surface area contributed by atoms with E-state index in [0.29, 0.717) is 0 Å². The van der Waals surface area contributed by atoms with Crippen LogP contribution in [0.3, 0.4) is 0 Å². The normalized spacial score (nSPS) is 9.62. The molecule has 0 aliphatic rings. The van der Waals surface area contributed by atoms with Gasteiger partial charge in [-0.05, 0) is 32.1 Å². The molecule has 2 atom stereocenters. The van der Waals surface area contributed by atoms with Gasteiger partial charge in [-0.25, -0.2) is 0 Å². The van der Waals surface area contributed by atoms with E-state index >= 15 is 0 Å². The van der Waals surface area contributed by atoms with Crippen molar-refractivity contribution in [3.63, 3.8) is 0 Å². The van der Waals surface area contributed by atoms with Crippen molar-refractivity contribution in [2.45, 2.75) is 28.2 Å². The average Bonchev–Trinajstić information content (AvgIpc) is 3.12. The zero-order valence-electron chi connectivity index (χ0n) is 29.9. The number of rotatable bonds is 8. The van der Waals surface area contributed by atoms with Gasteiger partial charge in [0.2, 0.25) is 0 Å². The van der Waals surface area contributed by atoms with Crippen molar-refractivity contribution in [2.24, 2.45) is 0 Å². The number of hydrogen-bond acceptors (Lipinski definition) is 3. The van der Waals surface area contributed by atoms with E-state index in [1.54, 1.807) is 19.1 Å². The summed E-state index contributed by atoms with van der Waals surface area (Å²) in [7, 11) is 0. The first-order valence-corrected chi connectivity index (χ1v) is 20.0. The molecule has 3 aromatic carbocycles. The van der Waals surface area contributed by atoms with E-state index in [1.807, 2.05) is 32.1 Å². The van der Waals surface area contributed by atoms with Crippen LogP contribution in [0.5, 0.6) is 0 Å². The van der Waals surface area contributed by atoms with Gasteiger partial charge in [-0.15, -0.1) is 18.3 Å². The van der Waals surface area contributed by atoms with Gasteiger partial charge in [0.25, 0.3) is 0 Å². The molecule has 10 heteroatoms. The van der Waals surface area contributed by atoms with Crippen LogP contribution in [-0.2, 0) is 0 Å². The summed E-state index contributed by atoms with van der Waals surface area (Å²) in [6.45, 7) is 5.54. The number of aliphatic hydroxyl groups is 2. The van der Waals surface area contributed by atoms with Crippen LogP contribution < -0.4 is 22.1 Å². The van der Waals surface area contributed by atoms with Crippen molar-refractivity contribution in [1.29, 1.82) is 0 Å². The molecule has 286 valence electrons. The Morgan fingerprint density at radius 3 is 1.17 bits per heavy atom. The standard InChI is InChI=1S/C24H22BrP.C6H7Br.C6H8O.C5H6O.CH4.H3N.2H2O.2H3P/c1-2-3-4-14-21-26(25,22-15-8-5-9-16-22,23-17-10-6-11-18-23)24-19-12-7-13-20-24;2*1-2-3-4-5-6-7;1-2-3-4-5-6;;;;;;/h4-20H,21H2,1H3;4-5H,6H2,1H3;4-5,7H,6H2,1H3;1,3-4,6H,5H2;1H4;1H3;2*1H2;2*1H3/b14-4+;2*5-4+;4-3+;;;;;;. The quantitative estimate of drug-likeness (QED) is 0.124. The molecule has 3 aromatic rings. The van der Waals surface area contributed by atoms with Gasteiger partial charge >= 0.3 is 165 Å². The van der Waals surface area contributed by atoms with Crippen LogP contribution in [0.1, 0.15) is 28.2 Å². The van der Waals surface area contributed by atoms with Crippen molar-refractivity contribution in [3.05, 3.63) is 140 Å². The molecule has 0 aliphatic carbocycles. The minimum absolute atomic E-state index is 0. The molecule has 0 radical (unpaired) electrons. The van der Waals surface area contributed by atoms with Crippen molar-refractivity contribution < 1.29 is 21.2 Å². The fourth-order valence-electron chi connectivity index (χ4n) is 3.88. The molecule has 9 N–H and O–H groups in total. The van der Waals surface area contributed by atoms with Gasteiger partial charge in [0.1, 0.15) is 0 Å². The maximum Gasteiger partial charge on any atom is -0.153 e. The van der Waals surface area contributed by atoms with Crippen LogP contribution in [0.2, 0.25) is 0 Å². The van der Waals surface area contributed by atoms with Gasteiger partial charge in [0, 0.05) is 5.33 Å². The third-order valence-electron chi connectivity index (χ3n) is 5.88. The van der Waals surface area contributed by atoms with Crippen LogP contribution in [0.25, 0.3) is 0 Å². The Kier molecular flexibility index (Phi) is 52.0. The van der Waals surface area contributed by atoms with Crippen LogP contribution in [-0.4, -0.2) is 45.9 Å². The zero-order valence-corrected chi connectivity index (χ0v) is 36.8. The third kappa shape index (κ3) is 24.2. The first kappa shape index (κ1) is 63.9. The van der Waals surface area contributed by atoms with E-state index in [-0.39, 0.29) is 57.5 Å². The number of allylic oxidation sites excluding steroid dienone is 6. The molecule has 52 heavy (non-hydrogen) atoms. The van der Waals surface area contributed by atoms with Crippen molar-refractivity contribution in [1.82, 2.24) is 6.15 Å². The van der Waals surface area contributed by atoms with Gasteiger partial charge in [0.05, 0.1) is 13.2 Å². The number of terminal acetylenes is 1. The first-order valence-electron chi connectivity index (χ1n) is 14.4. The van der Waals surface area contributed by atoms with Gasteiger partial charge in [0.15, 0.2) is 0 Å². The topological polar surface area (TPSA) is 138 Å². The van der Waals surface area contributed by atoms with Gasteiger partial charge < -0.3 is 27.3 Å². The van der Waals surface area contributed by atoms with Crippen LogP contribution in [0.4, 0.5) is 0 Å². The minimum Gasteiger partial charge on any atom is -0.412 e. The number of aliphatic hydroxyl groups excluding tert-OH is 2. The Morgan fingerprint density at radius 1 is 0.596 bits per heavy atom. The summed E-state index contributed by atoms with van der Waals surface area (Å²) in [4.78, 5) is 0. The molecule has 0 bridgehead atoms. The molecule has 0 heterocycles. The van der Waals surface area contributed by atoms with Gasteiger partial charge in [-0.1, -0.05) is 59.3 Å². The average molecular weight is 896 g/mol. The summed E-state index contributed by atoms with van der Waals surface area (Å²) in [5, 5.41) is 18.2. The summed E-state index contributed by atoms with van der Waals surface area (Å²) in [5.74, 6) is 19.1. The Hall–Kier alpha value is -3.09. The molecule has 0 saturated carbocycles. The number of alkyl halides is 1. The molecule has 0 spiro atoms. The van der Waals surface area contributed by atoms with Crippen LogP contribution in [0.15, 0.2) is 140 Å². The molecule has 0 fully saturated rings. The summed E-state index contributed by atoms with van der Waals surface area (Å²) < 4.78 is 0. The molecule has 5 nitrogen and oxygen atoms in total. The third-order valence-corrected chi connectivity index (χ3v) is 15.8. The van der Waals surface area contributed by atoms with E-state index in [2.05, 4.69) is 170 Å². The Morgan fingerprint density at radius 2 is 0.904 bits per heavy atom. The molecule has 3 rings (SSSR count). The monoisotopic (exact) mass is 893 g/mol. The van der Waals surface area contributed by atoms with E-state index in [9.17, 15) is 0 Å². The summed E-state index contributed by atoms with van der Waals surface area (Å²) in [5.41, 5.74) is 0. The van der Waals surface area contributed by atoms with Gasteiger partial charge in [-0.2, -0.15) is 19.8 Å². The second kappa shape index (κ2) is 42.3. The smallest absolute Gasteiger partial charge is 0.153 e. The van der Waals surface area contributed by atoms with Crippen LogP contribution in [0, 0.1) is 47.9 Å². The van der Waals surface area contributed by atoms with Gasteiger partial charge in [-0.3, -0.25) is 0 Å². The fourth-order valence-corrected chi connectivity index (χ4v) is 11.1. The van der Waals surface area contributed by atoms with E-state index < -0.39 is 5.31 Å². The summed E-state index contributed by atoms with van der Waals surface area (Å²) >= 11 is 7.63. The zero-order chi connectivity index (χ0) is 34.2. The molecular weight excluding hydrogens is 835 g/mol. The Bertz CT molecular complexity index is 1480. The molecule has 0 aromatic heterocycles. The van der Waals surface area contributed by atoms with E-state index in [4.69, 9.17) is 16.6 Å². The molecule has 0 amide bonds. The molecule has 0 saturated heterocycles. The fraction of sp³-hybridized carbons (Fsp3) is 0.190. The largest absolute Gasteiger partial charge is 0.412 e. The van der Waals surface area contributed by atoms with Crippen molar-refractivity contribution in [3.8, 4) is 47.9 Å². The summed E-state index contributed by atoms with van der Waals surface area (Å²) in [6.07, 6.45) is 19.8. The number of benzene rings is 3. The predicted octanol–water partition coefficient (Wildman–Crippen LogP) is 7.36. The minimum atomic E-state index is -2.83. The second-order valence-electron chi connectivity index (χ2n) is 8.85. The predicted molar refractivity (Wildman–Crippen MR) is 254 cm³/mol. The van der Waals surface area contributed by atoms with Crippen LogP contribution >= 0.6 is 56.5 Å². The van der Waals surface area contributed by atoms with E-state index in [0.717, 1.165) is 11.5 Å². The van der Waals surface area contributed by atoms with Crippen molar-refractivity contribution in [2.75, 3.05) is 24.7 Å². The Labute approximate surface area is 338 Å². The second-order valence-corrected chi connectivity index (χ2v) is 18.5. The summed E-state index contributed by atoms with van der Waals surface area (Å²) in [6, 6.07) is 32.4. The van der Waals surface area contributed by atoms with E-state index in [1.165, 1.54) is 28.1 Å².